The number of fused-ring (bicyclic) bond motifs is 2. The van der Waals surface area contributed by atoms with E-state index < -0.39 is 0 Å². The third-order valence-electron chi connectivity index (χ3n) is 5.23. The van der Waals surface area contributed by atoms with Crippen LogP contribution in [0, 0.1) is 17.8 Å². The fourth-order valence-corrected chi connectivity index (χ4v) is 4.27. The number of rotatable bonds is 0. The summed E-state index contributed by atoms with van der Waals surface area (Å²) in [5.41, 5.74) is 0. The highest BCUT2D eigenvalue weighted by Gasteiger charge is 2.42. The van der Waals surface area contributed by atoms with E-state index in [1.807, 2.05) is 0 Å². The van der Waals surface area contributed by atoms with E-state index >= 15 is 0 Å². The summed E-state index contributed by atoms with van der Waals surface area (Å²) in [5, 5.41) is 3.95. The van der Waals surface area contributed by atoms with Gasteiger partial charge in [-0.25, -0.2) is 0 Å². The Kier molecular flexibility index (Phi) is 3.21. The van der Waals surface area contributed by atoms with Gasteiger partial charge in [-0.3, -0.25) is 0 Å². The SMILES string of the molecule is CC1C2CCCCC2NC2CCCOCC21. The molecule has 1 aliphatic carbocycles. The zero-order chi connectivity index (χ0) is 11.0. The molecule has 0 bridgehead atoms. The van der Waals surface area contributed by atoms with Gasteiger partial charge in [-0.15, -0.1) is 0 Å². The Bertz CT molecular complexity index is 243. The van der Waals surface area contributed by atoms with Crippen molar-refractivity contribution < 1.29 is 4.74 Å². The van der Waals surface area contributed by atoms with Crippen LogP contribution in [0.15, 0.2) is 0 Å². The summed E-state index contributed by atoms with van der Waals surface area (Å²) < 4.78 is 5.77. The van der Waals surface area contributed by atoms with Gasteiger partial charge in [0.1, 0.15) is 0 Å². The lowest BCUT2D eigenvalue weighted by Gasteiger charge is -2.48. The molecule has 3 aliphatic rings. The maximum Gasteiger partial charge on any atom is 0.0511 e. The average Bonchev–Trinajstić information content (AvgIpc) is 2.55. The standard InChI is InChI=1S/C14H25NO/c1-10-11-5-2-3-6-13(11)15-14-7-4-8-16-9-12(10)14/h10-15H,2-9H2,1H3. The van der Waals surface area contributed by atoms with Gasteiger partial charge < -0.3 is 10.1 Å². The van der Waals surface area contributed by atoms with Crippen molar-refractivity contribution in [2.24, 2.45) is 17.8 Å². The molecule has 0 radical (unpaired) electrons. The molecule has 0 amide bonds. The molecule has 0 aromatic rings. The van der Waals surface area contributed by atoms with Crippen LogP contribution in [0.25, 0.3) is 0 Å². The first-order valence-electron chi connectivity index (χ1n) is 7.20. The van der Waals surface area contributed by atoms with Gasteiger partial charge in [0.15, 0.2) is 0 Å². The number of piperidine rings is 1. The van der Waals surface area contributed by atoms with Crippen LogP contribution >= 0.6 is 0 Å². The van der Waals surface area contributed by atoms with Gasteiger partial charge in [0.2, 0.25) is 0 Å². The molecule has 1 saturated carbocycles. The molecular formula is C14H25NO. The highest BCUT2D eigenvalue weighted by molar-refractivity contribution is 4.97. The zero-order valence-corrected chi connectivity index (χ0v) is 10.5. The van der Waals surface area contributed by atoms with Gasteiger partial charge in [0, 0.05) is 24.6 Å². The van der Waals surface area contributed by atoms with Crippen LogP contribution in [-0.2, 0) is 4.74 Å². The van der Waals surface area contributed by atoms with Crippen molar-refractivity contribution in [3.63, 3.8) is 0 Å². The van der Waals surface area contributed by atoms with Gasteiger partial charge in [-0.2, -0.15) is 0 Å². The minimum atomic E-state index is 0.747. The second kappa shape index (κ2) is 4.66. The summed E-state index contributed by atoms with van der Waals surface area (Å²) in [7, 11) is 0. The monoisotopic (exact) mass is 223 g/mol. The zero-order valence-electron chi connectivity index (χ0n) is 10.5. The highest BCUT2D eigenvalue weighted by atomic mass is 16.5. The Labute approximate surface area is 99.1 Å². The summed E-state index contributed by atoms with van der Waals surface area (Å²) in [4.78, 5) is 0. The molecule has 2 saturated heterocycles. The van der Waals surface area contributed by atoms with E-state index in [4.69, 9.17) is 4.74 Å². The van der Waals surface area contributed by atoms with Crippen LogP contribution in [0.1, 0.15) is 45.4 Å². The van der Waals surface area contributed by atoms with Crippen LogP contribution in [0.5, 0.6) is 0 Å². The lowest BCUT2D eigenvalue weighted by atomic mass is 9.66. The number of hydrogen-bond donors (Lipinski definition) is 1. The quantitative estimate of drug-likeness (QED) is 0.681. The Morgan fingerprint density at radius 3 is 2.62 bits per heavy atom. The third-order valence-corrected chi connectivity index (χ3v) is 5.23. The molecule has 2 nitrogen and oxygen atoms in total. The van der Waals surface area contributed by atoms with Crippen molar-refractivity contribution in [3.05, 3.63) is 0 Å². The smallest absolute Gasteiger partial charge is 0.0511 e. The van der Waals surface area contributed by atoms with Crippen molar-refractivity contribution in [1.29, 1.82) is 0 Å². The van der Waals surface area contributed by atoms with Gasteiger partial charge in [0.25, 0.3) is 0 Å². The second-order valence-electron chi connectivity index (χ2n) is 6.07. The molecule has 0 spiro atoms. The molecule has 0 aromatic carbocycles. The van der Waals surface area contributed by atoms with Gasteiger partial charge in [-0.05, 0) is 37.5 Å². The number of ether oxygens (including phenoxy) is 1. The molecule has 3 fully saturated rings. The van der Waals surface area contributed by atoms with Crippen LogP contribution in [0.4, 0.5) is 0 Å². The highest BCUT2D eigenvalue weighted by Crippen LogP contribution is 2.41. The third kappa shape index (κ3) is 1.91. The van der Waals surface area contributed by atoms with E-state index in [9.17, 15) is 0 Å². The maximum absolute atomic E-state index is 5.77. The maximum atomic E-state index is 5.77. The van der Waals surface area contributed by atoms with Crippen LogP contribution in [0.3, 0.4) is 0 Å². The van der Waals surface area contributed by atoms with E-state index in [0.29, 0.717) is 0 Å². The molecule has 2 heterocycles. The van der Waals surface area contributed by atoms with Crippen molar-refractivity contribution in [3.8, 4) is 0 Å². The minimum absolute atomic E-state index is 0.747. The lowest BCUT2D eigenvalue weighted by Crippen LogP contribution is -2.57. The van der Waals surface area contributed by atoms with Gasteiger partial charge in [-0.1, -0.05) is 19.8 Å². The van der Waals surface area contributed by atoms with Crippen LogP contribution in [-0.4, -0.2) is 25.3 Å². The summed E-state index contributed by atoms with van der Waals surface area (Å²) >= 11 is 0. The molecule has 1 N–H and O–H groups in total. The number of hydrogen-bond acceptors (Lipinski definition) is 2. The molecule has 5 unspecified atom stereocenters. The Hall–Kier alpha value is -0.0800. The second-order valence-corrected chi connectivity index (χ2v) is 6.07. The predicted molar refractivity (Wildman–Crippen MR) is 65.4 cm³/mol. The molecule has 2 aliphatic heterocycles. The van der Waals surface area contributed by atoms with Crippen LogP contribution < -0.4 is 5.32 Å². The van der Waals surface area contributed by atoms with E-state index in [-0.39, 0.29) is 0 Å². The summed E-state index contributed by atoms with van der Waals surface area (Å²) in [5.74, 6) is 2.58. The minimum Gasteiger partial charge on any atom is -0.381 e. The summed E-state index contributed by atoms with van der Waals surface area (Å²) in [6, 6.07) is 1.57. The van der Waals surface area contributed by atoms with Crippen molar-refractivity contribution in [1.82, 2.24) is 5.32 Å². The Balaban J connectivity index is 1.76. The van der Waals surface area contributed by atoms with E-state index in [2.05, 4.69) is 12.2 Å². The van der Waals surface area contributed by atoms with Crippen molar-refractivity contribution >= 4 is 0 Å². The fraction of sp³-hybridized carbons (Fsp3) is 1.00. The molecule has 5 atom stereocenters. The first-order valence-corrected chi connectivity index (χ1v) is 7.20. The van der Waals surface area contributed by atoms with Crippen molar-refractivity contribution in [2.75, 3.05) is 13.2 Å². The van der Waals surface area contributed by atoms with Gasteiger partial charge >= 0.3 is 0 Å². The molecular weight excluding hydrogens is 198 g/mol. The largest absolute Gasteiger partial charge is 0.381 e. The van der Waals surface area contributed by atoms with E-state index in [0.717, 1.165) is 43.1 Å². The van der Waals surface area contributed by atoms with Crippen LogP contribution in [0.2, 0.25) is 0 Å². The predicted octanol–water partition coefficient (Wildman–Crippen LogP) is 2.58. The Morgan fingerprint density at radius 1 is 0.938 bits per heavy atom. The normalized spacial score (nSPS) is 48.9. The lowest BCUT2D eigenvalue weighted by molar-refractivity contribution is 0.0162. The molecule has 2 heteroatoms. The topological polar surface area (TPSA) is 21.3 Å². The number of nitrogens with one attached hydrogen (secondary N) is 1. The van der Waals surface area contributed by atoms with E-state index in [1.54, 1.807) is 0 Å². The molecule has 92 valence electrons. The summed E-state index contributed by atoms with van der Waals surface area (Å²) in [6.45, 7) is 4.47. The molecule has 3 rings (SSSR count). The van der Waals surface area contributed by atoms with Crippen molar-refractivity contribution in [2.45, 2.75) is 57.5 Å². The fourth-order valence-electron chi connectivity index (χ4n) is 4.27. The first kappa shape index (κ1) is 11.0. The van der Waals surface area contributed by atoms with Gasteiger partial charge in [0.05, 0.1) is 6.61 Å². The molecule has 16 heavy (non-hydrogen) atoms. The Morgan fingerprint density at radius 2 is 1.69 bits per heavy atom. The first-order chi connectivity index (χ1) is 7.86. The summed E-state index contributed by atoms with van der Waals surface area (Å²) in [6.07, 6.45) is 8.33. The molecule has 0 aromatic heterocycles. The average molecular weight is 223 g/mol. The van der Waals surface area contributed by atoms with E-state index in [1.165, 1.54) is 38.5 Å².